The molecule has 0 bridgehead atoms. The second-order valence-corrected chi connectivity index (χ2v) is 6.91. The summed E-state index contributed by atoms with van der Waals surface area (Å²) in [7, 11) is 3.17. The standard InChI is InChI=1S/C20H30N4O3.HI/c1-5-6-18(25)23-16-9-7-15(8-10-16)11-22-20(21-3)24-12-14(2)17(13-24)19(26)27-4;/h7-10,14,17H,5-6,11-13H2,1-4H3,(H,21,22)(H,23,25);1H. The van der Waals surface area contributed by atoms with Crippen molar-refractivity contribution in [3.05, 3.63) is 29.8 Å². The van der Waals surface area contributed by atoms with E-state index in [2.05, 4.69) is 27.4 Å². The van der Waals surface area contributed by atoms with Gasteiger partial charge in [-0.15, -0.1) is 24.0 Å². The highest BCUT2D eigenvalue weighted by Crippen LogP contribution is 2.24. The number of carbonyl (C=O) groups excluding carboxylic acids is 2. The second kappa shape index (κ2) is 11.9. The van der Waals surface area contributed by atoms with Crippen LogP contribution in [0.5, 0.6) is 0 Å². The molecular weight excluding hydrogens is 471 g/mol. The molecule has 1 heterocycles. The Kier molecular flexibility index (Phi) is 10.3. The highest BCUT2D eigenvalue weighted by Gasteiger charge is 2.36. The van der Waals surface area contributed by atoms with Gasteiger partial charge in [0.15, 0.2) is 5.96 Å². The third-order valence-corrected chi connectivity index (χ3v) is 4.79. The number of halogens is 1. The number of guanidine groups is 1. The molecule has 156 valence electrons. The maximum atomic E-state index is 11.9. The number of hydrogen-bond acceptors (Lipinski definition) is 4. The van der Waals surface area contributed by atoms with Gasteiger partial charge in [0.2, 0.25) is 5.91 Å². The Morgan fingerprint density at radius 2 is 1.93 bits per heavy atom. The molecule has 0 aliphatic carbocycles. The van der Waals surface area contributed by atoms with Crippen LogP contribution in [0, 0.1) is 11.8 Å². The number of methoxy groups -OCH3 is 1. The number of anilines is 1. The number of amides is 1. The summed E-state index contributed by atoms with van der Waals surface area (Å²) in [5.41, 5.74) is 1.89. The molecule has 0 saturated carbocycles. The first-order chi connectivity index (χ1) is 13.0. The molecule has 2 N–H and O–H groups in total. The summed E-state index contributed by atoms with van der Waals surface area (Å²) in [6, 6.07) is 7.76. The van der Waals surface area contributed by atoms with Crippen LogP contribution in [0.15, 0.2) is 29.3 Å². The first-order valence-corrected chi connectivity index (χ1v) is 9.40. The number of nitrogens with one attached hydrogen (secondary N) is 2. The van der Waals surface area contributed by atoms with E-state index in [1.165, 1.54) is 7.11 Å². The van der Waals surface area contributed by atoms with Gasteiger partial charge in [-0.1, -0.05) is 26.0 Å². The molecule has 2 rings (SSSR count). The van der Waals surface area contributed by atoms with E-state index in [1.807, 2.05) is 31.2 Å². The Hall–Kier alpha value is -1.84. The number of carbonyl (C=O) groups is 2. The summed E-state index contributed by atoms with van der Waals surface area (Å²) in [5.74, 6) is 0.739. The van der Waals surface area contributed by atoms with Crippen LogP contribution in [0.25, 0.3) is 0 Å². The Balaban J connectivity index is 0.00000392. The predicted octanol–water partition coefficient (Wildman–Crippen LogP) is 2.86. The highest BCUT2D eigenvalue weighted by atomic mass is 127. The molecule has 0 spiro atoms. The molecule has 2 unspecified atom stereocenters. The number of nitrogens with zero attached hydrogens (tertiary/aromatic N) is 2. The van der Waals surface area contributed by atoms with Crippen LogP contribution in [-0.4, -0.2) is 50.0 Å². The van der Waals surface area contributed by atoms with Crippen molar-refractivity contribution in [1.82, 2.24) is 10.2 Å². The zero-order valence-corrected chi connectivity index (χ0v) is 19.4. The molecule has 1 fully saturated rings. The van der Waals surface area contributed by atoms with E-state index in [1.54, 1.807) is 7.05 Å². The zero-order chi connectivity index (χ0) is 19.8. The average Bonchev–Trinajstić information content (AvgIpc) is 3.04. The molecule has 8 heteroatoms. The van der Waals surface area contributed by atoms with Crippen molar-refractivity contribution >= 4 is 47.5 Å². The second-order valence-electron chi connectivity index (χ2n) is 6.91. The molecule has 2 atom stereocenters. The lowest BCUT2D eigenvalue weighted by molar-refractivity contribution is -0.146. The molecule has 28 heavy (non-hydrogen) atoms. The number of hydrogen-bond donors (Lipinski definition) is 2. The van der Waals surface area contributed by atoms with Crippen molar-refractivity contribution in [2.45, 2.75) is 33.2 Å². The quantitative estimate of drug-likeness (QED) is 0.271. The maximum Gasteiger partial charge on any atom is 0.310 e. The molecule has 0 aromatic heterocycles. The van der Waals surface area contributed by atoms with Crippen molar-refractivity contribution in [2.24, 2.45) is 16.8 Å². The molecule has 1 saturated heterocycles. The summed E-state index contributed by atoms with van der Waals surface area (Å²) in [6.07, 6.45) is 1.36. The van der Waals surface area contributed by atoms with Crippen molar-refractivity contribution in [3.8, 4) is 0 Å². The monoisotopic (exact) mass is 502 g/mol. The number of likely N-dealkylation sites (tertiary alicyclic amines) is 1. The summed E-state index contributed by atoms with van der Waals surface area (Å²) in [4.78, 5) is 29.9. The van der Waals surface area contributed by atoms with Crippen LogP contribution in [-0.2, 0) is 20.9 Å². The van der Waals surface area contributed by atoms with E-state index in [0.29, 0.717) is 19.5 Å². The Morgan fingerprint density at radius 3 is 2.50 bits per heavy atom. The number of benzene rings is 1. The van der Waals surface area contributed by atoms with Crippen LogP contribution >= 0.6 is 24.0 Å². The number of aliphatic imine (C=N–C) groups is 1. The third kappa shape index (κ3) is 6.65. The minimum absolute atomic E-state index is 0. The van der Waals surface area contributed by atoms with Crippen LogP contribution < -0.4 is 10.6 Å². The predicted molar refractivity (Wildman–Crippen MR) is 122 cm³/mol. The minimum Gasteiger partial charge on any atom is -0.469 e. The lowest BCUT2D eigenvalue weighted by Gasteiger charge is -2.21. The molecular formula is C20H31IN4O3. The fourth-order valence-corrected chi connectivity index (χ4v) is 3.27. The normalized spacial score (nSPS) is 19.0. The Labute approximate surface area is 184 Å². The van der Waals surface area contributed by atoms with Gasteiger partial charge in [0, 0.05) is 38.8 Å². The molecule has 0 radical (unpaired) electrons. The van der Waals surface area contributed by atoms with Gasteiger partial charge in [-0.3, -0.25) is 14.6 Å². The topological polar surface area (TPSA) is 83.0 Å². The van der Waals surface area contributed by atoms with Gasteiger partial charge < -0.3 is 20.3 Å². The fourth-order valence-electron chi connectivity index (χ4n) is 3.27. The van der Waals surface area contributed by atoms with Gasteiger partial charge in [0.05, 0.1) is 13.0 Å². The lowest BCUT2D eigenvalue weighted by atomic mass is 9.99. The number of ether oxygens (including phenoxy) is 1. The van der Waals surface area contributed by atoms with E-state index in [0.717, 1.165) is 30.2 Å². The smallest absolute Gasteiger partial charge is 0.310 e. The lowest BCUT2D eigenvalue weighted by Crippen LogP contribution is -2.40. The highest BCUT2D eigenvalue weighted by molar-refractivity contribution is 14.0. The fraction of sp³-hybridized carbons (Fsp3) is 0.550. The Bertz CT molecular complexity index is 679. The van der Waals surface area contributed by atoms with E-state index < -0.39 is 0 Å². The van der Waals surface area contributed by atoms with Gasteiger partial charge in [-0.2, -0.15) is 0 Å². The summed E-state index contributed by atoms with van der Waals surface area (Å²) in [6.45, 7) is 6.03. The summed E-state index contributed by atoms with van der Waals surface area (Å²) >= 11 is 0. The largest absolute Gasteiger partial charge is 0.469 e. The van der Waals surface area contributed by atoms with Crippen molar-refractivity contribution < 1.29 is 14.3 Å². The van der Waals surface area contributed by atoms with Crippen molar-refractivity contribution in [1.29, 1.82) is 0 Å². The van der Waals surface area contributed by atoms with Gasteiger partial charge in [-0.25, -0.2) is 0 Å². The van der Waals surface area contributed by atoms with Crippen LogP contribution in [0.3, 0.4) is 0 Å². The van der Waals surface area contributed by atoms with E-state index in [4.69, 9.17) is 4.74 Å². The van der Waals surface area contributed by atoms with Crippen molar-refractivity contribution in [2.75, 3.05) is 32.6 Å². The van der Waals surface area contributed by atoms with Gasteiger partial charge in [0.1, 0.15) is 0 Å². The molecule has 7 nitrogen and oxygen atoms in total. The van der Waals surface area contributed by atoms with Gasteiger partial charge >= 0.3 is 5.97 Å². The zero-order valence-electron chi connectivity index (χ0n) is 17.0. The molecule has 1 aromatic carbocycles. The minimum atomic E-state index is -0.166. The number of rotatable bonds is 6. The average molecular weight is 502 g/mol. The maximum absolute atomic E-state index is 11.9. The van der Waals surface area contributed by atoms with Crippen LogP contribution in [0.2, 0.25) is 0 Å². The SMILES string of the molecule is CCCC(=O)Nc1ccc(CNC(=NC)N2CC(C)C(C(=O)OC)C2)cc1.I. The van der Waals surface area contributed by atoms with Crippen LogP contribution in [0.4, 0.5) is 5.69 Å². The van der Waals surface area contributed by atoms with Crippen molar-refractivity contribution in [3.63, 3.8) is 0 Å². The first kappa shape index (κ1) is 24.2. The number of esters is 1. The van der Waals surface area contributed by atoms with Gasteiger partial charge in [0.25, 0.3) is 0 Å². The Morgan fingerprint density at radius 1 is 1.25 bits per heavy atom. The first-order valence-electron chi connectivity index (χ1n) is 9.40. The third-order valence-electron chi connectivity index (χ3n) is 4.79. The molecule has 1 aliphatic heterocycles. The van der Waals surface area contributed by atoms with E-state index in [-0.39, 0.29) is 47.7 Å². The van der Waals surface area contributed by atoms with E-state index in [9.17, 15) is 9.59 Å². The molecule has 1 aliphatic rings. The molecule has 1 amide bonds. The molecule has 1 aromatic rings. The van der Waals surface area contributed by atoms with E-state index >= 15 is 0 Å². The van der Waals surface area contributed by atoms with Crippen LogP contribution in [0.1, 0.15) is 32.3 Å². The summed E-state index contributed by atoms with van der Waals surface area (Å²) < 4.78 is 4.89. The summed E-state index contributed by atoms with van der Waals surface area (Å²) in [5, 5.41) is 6.22. The van der Waals surface area contributed by atoms with Gasteiger partial charge in [-0.05, 0) is 30.0 Å².